The van der Waals surface area contributed by atoms with Gasteiger partial charge < -0.3 is 10.6 Å². The number of aromatic nitrogens is 4. The molecule has 134 valence electrons. The topological polar surface area (TPSA) is 113 Å². The number of H-pyrrole nitrogens is 1. The lowest BCUT2D eigenvalue weighted by molar-refractivity contribution is 0.0946. The largest absolute Gasteiger partial charge is 0.351 e. The fourth-order valence-electron chi connectivity index (χ4n) is 2.24. The molecule has 0 aliphatic rings. The Morgan fingerprint density at radius 3 is 2.62 bits per heavy atom. The molecule has 0 radical (unpaired) electrons. The molecule has 0 unspecified atom stereocenters. The van der Waals surface area contributed by atoms with Crippen molar-refractivity contribution >= 4 is 23.2 Å². The molecule has 8 nitrogen and oxygen atoms in total. The van der Waals surface area contributed by atoms with Gasteiger partial charge in [0.1, 0.15) is 5.69 Å². The lowest BCUT2D eigenvalue weighted by Crippen LogP contribution is -2.30. The maximum Gasteiger partial charge on any atom is 0.271 e. The van der Waals surface area contributed by atoms with E-state index < -0.39 is 0 Å². The zero-order chi connectivity index (χ0) is 18.4. The minimum absolute atomic E-state index is 0.250. The van der Waals surface area contributed by atoms with E-state index in [4.69, 9.17) is 0 Å². The predicted octanol–water partition coefficient (Wildman–Crippen LogP) is 1.79. The van der Waals surface area contributed by atoms with Crippen LogP contribution in [-0.2, 0) is 0 Å². The molecule has 0 bridgehead atoms. The third-order valence-corrected chi connectivity index (χ3v) is 4.41. The van der Waals surface area contributed by atoms with Crippen LogP contribution >= 0.6 is 11.3 Å². The van der Waals surface area contributed by atoms with Crippen molar-refractivity contribution in [3.05, 3.63) is 53.1 Å². The van der Waals surface area contributed by atoms with Crippen molar-refractivity contribution in [2.75, 3.05) is 13.1 Å². The molecular formula is C17H18N6O2S. The van der Waals surface area contributed by atoms with Crippen molar-refractivity contribution in [1.82, 2.24) is 30.8 Å². The molecule has 0 saturated carbocycles. The van der Waals surface area contributed by atoms with Crippen LogP contribution in [0.5, 0.6) is 0 Å². The number of carbonyl (C=O) groups excluding carboxylic acids is 2. The van der Waals surface area contributed by atoms with Crippen LogP contribution in [0.25, 0.3) is 10.6 Å². The number of rotatable bonds is 7. The molecule has 9 heteroatoms. The summed E-state index contributed by atoms with van der Waals surface area (Å²) >= 11 is 1.57. The fraction of sp³-hybridized carbons (Fsp3) is 0.235. The summed E-state index contributed by atoms with van der Waals surface area (Å²) in [5, 5.41) is 14.4. The maximum atomic E-state index is 12.1. The van der Waals surface area contributed by atoms with Crippen LogP contribution in [0.15, 0.2) is 36.0 Å². The zero-order valence-electron chi connectivity index (χ0n) is 14.2. The molecule has 0 aliphatic heterocycles. The Labute approximate surface area is 154 Å². The van der Waals surface area contributed by atoms with Crippen LogP contribution in [0.3, 0.4) is 0 Å². The molecular weight excluding hydrogens is 352 g/mol. The number of thiophene rings is 1. The van der Waals surface area contributed by atoms with Crippen molar-refractivity contribution in [1.29, 1.82) is 0 Å². The first-order chi connectivity index (χ1) is 12.6. The predicted molar refractivity (Wildman–Crippen MR) is 98.0 cm³/mol. The normalized spacial score (nSPS) is 10.5. The third-order valence-electron chi connectivity index (χ3n) is 3.51. The van der Waals surface area contributed by atoms with Crippen LogP contribution in [-0.4, -0.2) is 45.1 Å². The second-order valence-corrected chi connectivity index (χ2v) is 6.50. The van der Waals surface area contributed by atoms with E-state index in [1.807, 2.05) is 17.5 Å². The summed E-state index contributed by atoms with van der Waals surface area (Å²) in [7, 11) is 0. The van der Waals surface area contributed by atoms with E-state index in [1.165, 1.54) is 6.20 Å². The van der Waals surface area contributed by atoms with Crippen LogP contribution in [0.4, 0.5) is 0 Å². The second kappa shape index (κ2) is 8.34. The van der Waals surface area contributed by atoms with E-state index in [0.29, 0.717) is 30.9 Å². The second-order valence-electron chi connectivity index (χ2n) is 5.56. The average molecular weight is 370 g/mol. The number of amides is 2. The van der Waals surface area contributed by atoms with Gasteiger partial charge in [-0.1, -0.05) is 6.07 Å². The van der Waals surface area contributed by atoms with Crippen molar-refractivity contribution in [3.63, 3.8) is 0 Å². The van der Waals surface area contributed by atoms with Gasteiger partial charge in [0.05, 0.1) is 22.5 Å². The highest BCUT2D eigenvalue weighted by atomic mass is 32.1. The molecule has 0 aromatic carbocycles. The lowest BCUT2D eigenvalue weighted by Gasteiger charge is -2.05. The molecule has 3 aromatic rings. The Morgan fingerprint density at radius 1 is 1.15 bits per heavy atom. The highest BCUT2D eigenvalue weighted by Gasteiger charge is 2.11. The van der Waals surface area contributed by atoms with E-state index in [2.05, 4.69) is 30.8 Å². The Hall–Kier alpha value is -3.07. The van der Waals surface area contributed by atoms with Crippen LogP contribution in [0.2, 0.25) is 0 Å². The summed E-state index contributed by atoms with van der Waals surface area (Å²) in [4.78, 5) is 33.1. The summed E-state index contributed by atoms with van der Waals surface area (Å²) in [5.74, 6) is -0.527. The first kappa shape index (κ1) is 17.7. The molecule has 26 heavy (non-hydrogen) atoms. The molecule has 0 saturated heterocycles. The molecule has 3 aromatic heterocycles. The van der Waals surface area contributed by atoms with Gasteiger partial charge in [0, 0.05) is 19.3 Å². The van der Waals surface area contributed by atoms with Crippen LogP contribution in [0.1, 0.15) is 33.1 Å². The highest BCUT2D eigenvalue weighted by Crippen LogP contribution is 2.22. The quantitative estimate of drug-likeness (QED) is 0.549. The van der Waals surface area contributed by atoms with Gasteiger partial charge in [-0.25, -0.2) is 4.98 Å². The van der Waals surface area contributed by atoms with Gasteiger partial charge in [0.2, 0.25) is 0 Å². The van der Waals surface area contributed by atoms with E-state index >= 15 is 0 Å². The Morgan fingerprint density at radius 2 is 1.92 bits per heavy atom. The first-order valence-electron chi connectivity index (χ1n) is 8.08. The molecule has 3 rings (SSSR count). The number of carbonyl (C=O) groups is 2. The average Bonchev–Trinajstić information content (AvgIpc) is 3.32. The van der Waals surface area contributed by atoms with Gasteiger partial charge in [0.15, 0.2) is 5.69 Å². The Bertz CT molecular complexity index is 890. The van der Waals surface area contributed by atoms with Gasteiger partial charge in [0.25, 0.3) is 11.8 Å². The summed E-state index contributed by atoms with van der Waals surface area (Å²) in [6, 6.07) is 5.62. The van der Waals surface area contributed by atoms with Crippen LogP contribution in [0, 0.1) is 6.92 Å². The van der Waals surface area contributed by atoms with Crippen molar-refractivity contribution in [2.45, 2.75) is 13.3 Å². The van der Waals surface area contributed by atoms with Crippen molar-refractivity contribution in [2.24, 2.45) is 0 Å². The molecule has 0 aliphatic carbocycles. The summed E-state index contributed by atoms with van der Waals surface area (Å²) in [6.45, 7) is 2.63. The van der Waals surface area contributed by atoms with E-state index in [1.54, 1.807) is 30.5 Å². The number of aromatic amines is 1. The van der Waals surface area contributed by atoms with Gasteiger partial charge >= 0.3 is 0 Å². The molecule has 0 atom stereocenters. The molecule has 0 spiro atoms. The minimum Gasteiger partial charge on any atom is -0.351 e. The van der Waals surface area contributed by atoms with Gasteiger partial charge in [-0.2, -0.15) is 5.10 Å². The van der Waals surface area contributed by atoms with Crippen molar-refractivity contribution in [3.8, 4) is 10.6 Å². The van der Waals surface area contributed by atoms with E-state index in [0.717, 1.165) is 10.6 Å². The Kier molecular flexibility index (Phi) is 5.69. The van der Waals surface area contributed by atoms with E-state index in [9.17, 15) is 9.59 Å². The summed E-state index contributed by atoms with van der Waals surface area (Å²) < 4.78 is 0. The fourth-order valence-corrected chi connectivity index (χ4v) is 2.93. The Balaban J connectivity index is 1.40. The highest BCUT2D eigenvalue weighted by molar-refractivity contribution is 7.13. The number of nitrogens with zero attached hydrogens (tertiary/aromatic N) is 3. The zero-order valence-corrected chi connectivity index (χ0v) is 15.0. The molecule has 2 amide bonds. The minimum atomic E-state index is -0.277. The van der Waals surface area contributed by atoms with Crippen LogP contribution < -0.4 is 10.6 Å². The first-order valence-corrected chi connectivity index (χ1v) is 8.96. The monoisotopic (exact) mass is 370 g/mol. The van der Waals surface area contributed by atoms with Gasteiger partial charge in [-0.05, 0) is 30.9 Å². The number of aryl methyl sites for hydroxylation is 1. The van der Waals surface area contributed by atoms with Crippen molar-refractivity contribution < 1.29 is 9.59 Å². The number of nitrogens with one attached hydrogen (secondary N) is 3. The maximum absolute atomic E-state index is 12.1. The molecule has 3 heterocycles. The number of hydrogen-bond acceptors (Lipinski definition) is 6. The standard InChI is InChI=1S/C17H18N6O2S/c1-11-9-18-10-14(21-11)17(25)20-6-3-5-19-16(24)13-8-12(22-23-13)15-4-2-7-26-15/h2,4,7-10H,3,5-6H2,1H3,(H,19,24)(H,20,25)(H,22,23). The van der Waals surface area contributed by atoms with E-state index in [-0.39, 0.29) is 17.5 Å². The van der Waals surface area contributed by atoms with Gasteiger partial charge in [-0.3, -0.25) is 19.7 Å². The molecule has 0 fully saturated rings. The smallest absolute Gasteiger partial charge is 0.271 e. The summed E-state index contributed by atoms with van der Waals surface area (Å²) in [6.07, 6.45) is 3.61. The summed E-state index contributed by atoms with van der Waals surface area (Å²) in [5.41, 5.74) is 2.13. The third kappa shape index (κ3) is 4.51. The van der Waals surface area contributed by atoms with Gasteiger partial charge in [-0.15, -0.1) is 11.3 Å². The lowest BCUT2D eigenvalue weighted by atomic mass is 10.3. The molecule has 3 N–H and O–H groups in total. The number of hydrogen-bond donors (Lipinski definition) is 3. The SMILES string of the molecule is Cc1cncc(C(=O)NCCCNC(=O)c2cc(-c3cccs3)[nH]n2)n1.